The number of morpholine rings is 1. The van der Waals surface area contributed by atoms with Crippen molar-refractivity contribution in [2.45, 2.75) is 39.5 Å². The SMILES string of the molecule is CCCC1(C)CCCN(C(=NCC(=O)N(C)C)NCCN2CCOCC2)C1.I. The van der Waals surface area contributed by atoms with Gasteiger partial charge in [0.15, 0.2) is 5.96 Å². The van der Waals surface area contributed by atoms with E-state index in [9.17, 15) is 4.79 Å². The van der Waals surface area contributed by atoms with Crippen molar-refractivity contribution >= 4 is 35.8 Å². The van der Waals surface area contributed by atoms with E-state index >= 15 is 0 Å². The first-order valence-electron chi connectivity index (χ1n) is 10.5. The van der Waals surface area contributed by atoms with Gasteiger partial charge < -0.3 is 19.9 Å². The highest BCUT2D eigenvalue weighted by molar-refractivity contribution is 14.0. The third-order valence-corrected chi connectivity index (χ3v) is 5.61. The fourth-order valence-electron chi connectivity index (χ4n) is 4.01. The van der Waals surface area contributed by atoms with Gasteiger partial charge in [0.25, 0.3) is 0 Å². The summed E-state index contributed by atoms with van der Waals surface area (Å²) >= 11 is 0. The zero-order chi connectivity index (χ0) is 19.7. The number of carbonyl (C=O) groups excluding carboxylic acids is 1. The van der Waals surface area contributed by atoms with E-state index in [0.29, 0.717) is 5.41 Å². The summed E-state index contributed by atoms with van der Waals surface area (Å²) < 4.78 is 5.42. The number of nitrogens with one attached hydrogen (secondary N) is 1. The van der Waals surface area contributed by atoms with Crippen LogP contribution < -0.4 is 5.32 Å². The van der Waals surface area contributed by atoms with Crippen molar-refractivity contribution in [3.05, 3.63) is 0 Å². The van der Waals surface area contributed by atoms with Crippen LogP contribution in [0.4, 0.5) is 0 Å². The van der Waals surface area contributed by atoms with Gasteiger partial charge in [-0.15, -0.1) is 24.0 Å². The Hall–Kier alpha value is -0.610. The number of guanidine groups is 1. The highest BCUT2D eigenvalue weighted by Gasteiger charge is 2.31. The van der Waals surface area contributed by atoms with Crippen LogP contribution in [0.2, 0.25) is 0 Å². The van der Waals surface area contributed by atoms with Crippen molar-refractivity contribution in [2.75, 3.05) is 73.1 Å². The Morgan fingerprint density at radius 2 is 1.96 bits per heavy atom. The number of likely N-dealkylation sites (N-methyl/N-ethyl adjacent to an activating group) is 1. The summed E-state index contributed by atoms with van der Waals surface area (Å²) in [4.78, 5) is 23.1. The van der Waals surface area contributed by atoms with Gasteiger partial charge in [-0.1, -0.05) is 20.3 Å². The number of halogens is 1. The summed E-state index contributed by atoms with van der Waals surface area (Å²) in [6.07, 6.45) is 4.90. The second kappa shape index (κ2) is 12.8. The molecule has 0 aromatic heterocycles. The minimum Gasteiger partial charge on any atom is -0.379 e. The summed E-state index contributed by atoms with van der Waals surface area (Å²) in [5.41, 5.74) is 0.339. The summed E-state index contributed by atoms with van der Waals surface area (Å²) in [6, 6.07) is 0. The highest BCUT2D eigenvalue weighted by atomic mass is 127. The molecule has 0 bridgehead atoms. The minimum absolute atomic E-state index is 0. The van der Waals surface area contributed by atoms with E-state index in [4.69, 9.17) is 4.74 Å². The van der Waals surface area contributed by atoms with Crippen LogP contribution in [0.1, 0.15) is 39.5 Å². The van der Waals surface area contributed by atoms with Crippen LogP contribution in [0.15, 0.2) is 4.99 Å². The van der Waals surface area contributed by atoms with E-state index in [1.807, 2.05) is 0 Å². The number of aliphatic imine (C=N–C) groups is 1. The lowest BCUT2D eigenvalue weighted by atomic mass is 9.78. The van der Waals surface area contributed by atoms with E-state index in [0.717, 1.165) is 58.4 Å². The summed E-state index contributed by atoms with van der Waals surface area (Å²) in [6.45, 7) is 12.3. The maximum absolute atomic E-state index is 12.0. The van der Waals surface area contributed by atoms with Crippen molar-refractivity contribution in [3.63, 3.8) is 0 Å². The Morgan fingerprint density at radius 3 is 2.61 bits per heavy atom. The zero-order valence-electron chi connectivity index (χ0n) is 18.2. The number of rotatable bonds is 7. The zero-order valence-corrected chi connectivity index (χ0v) is 20.5. The number of carbonyl (C=O) groups is 1. The molecule has 1 unspecified atom stereocenters. The first-order valence-corrected chi connectivity index (χ1v) is 10.5. The van der Waals surface area contributed by atoms with Gasteiger partial charge in [0.1, 0.15) is 6.54 Å². The molecule has 2 heterocycles. The van der Waals surface area contributed by atoms with E-state index in [1.54, 1.807) is 19.0 Å². The topological polar surface area (TPSA) is 60.4 Å². The molecule has 1 N–H and O–H groups in total. The lowest BCUT2D eigenvalue weighted by Gasteiger charge is -2.42. The summed E-state index contributed by atoms with van der Waals surface area (Å²) in [5, 5.41) is 3.53. The largest absolute Gasteiger partial charge is 0.379 e. The standard InChI is InChI=1S/C20H39N5O2.HI/c1-5-7-20(2)8-6-10-25(17-20)19(22-16-18(26)23(3)4)21-9-11-24-12-14-27-15-13-24;/h5-17H2,1-4H3,(H,21,22);1H. The molecule has 0 spiro atoms. The average Bonchev–Trinajstić information content (AvgIpc) is 2.65. The van der Waals surface area contributed by atoms with Crippen LogP contribution in [0.3, 0.4) is 0 Å². The van der Waals surface area contributed by atoms with Crippen molar-refractivity contribution in [1.82, 2.24) is 20.0 Å². The second-order valence-corrected chi connectivity index (χ2v) is 8.39. The molecule has 0 aliphatic carbocycles. The molecular weight excluding hydrogens is 469 g/mol. The highest BCUT2D eigenvalue weighted by Crippen LogP contribution is 2.33. The maximum atomic E-state index is 12.0. The van der Waals surface area contributed by atoms with Crippen molar-refractivity contribution in [1.29, 1.82) is 0 Å². The molecule has 0 aromatic carbocycles. The number of likely N-dealkylation sites (tertiary alicyclic amines) is 1. The first-order chi connectivity index (χ1) is 12.9. The fraction of sp³-hybridized carbons (Fsp3) is 0.900. The second-order valence-electron chi connectivity index (χ2n) is 8.39. The van der Waals surface area contributed by atoms with Crippen LogP contribution in [-0.4, -0.2) is 99.7 Å². The van der Waals surface area contributed by atoms with Crippen molar-refractivity contribution in [3.8, 4) is 0 Å². The number of ether oxygens (including phenoxy) is 1. The molecule has 7 nitrogen and oxygen atoms in total. The molecule has 0 radical (unpaired) electrons. The number of amides is 1. The maximum Gasteiger partial charge on any atom is 0.243 e. The molecule has 2 fully saturated rings. The predicted octanol–water partition coefficient (Wildman–Crippen LogP) is 1.87. The molecule has 0 aromatic rings. The molecular formula is C20H40IN5O2. The average molecular weight is 509 g/mol. The summed E-state index contributed by atoms with van der Waals surface area (Å²) in [5.74, 6) is 0.927. The molecule has 2 rings (SSSR count). The smallest absolute Gasteiger partial charge is 0.243 e. The third-order valence-electron chi connectivity index (χ3n) is 5.61. The van der Waals surface area contributed by atoms with E-state index < -0.39 is 0 Å². The van der Waals surface area contributed by atoms with Crippen molar-refractivity contribution in [2.24, 2.45) is 10.4 Å². The van der Waals surface area contributed by atoms with Gasteiger partial charge in [0, 0.05) is 53.4 Å². The van der Waals surface area contributed by atoms with Gasteiger partial charge in [0.05, 0.1) is 13.2 Å². The number of hydrogen-bond donors (Lipinski definition) is 1. The lowest BCUT2D eigenvalue weighted by molar-refractivity contribution is -0.127. The lowest BCUT2D eigenvalue weighted by Crippen LogP contribution is -2.51. The minimum atomic E-state index is 0. The van der Waals surface area contributed by atoms with Gasteiger partial charge in [-0.25, -0.2) is 4.99 Å². The molecule has 2 saturated heterocycles. The Kier molecular flexibility index (Phi) is 11.7. The van der Waals surface area contributed by atoms with Crippen LogP contribution in [-0.2, 0) is 9.53 Å². The van der Waals surface area contributed by atoms with Crippen LogP contribution in [0, 0.1) is 5.41 Å². The Morgan fingerprint density at radius 1 is 1.25 bits per heavy atom. The van der Waals surface area contributed by atoms with Gasteiger partial charge in [-0.3, -0.25) is 9.69 Å². The monoisotopic (exact) mass is 509 g/mol. The summed E-state index contributed by atoms with van der Waals surface area (Å²) in [7, 11) is 3.56. The Balaban J connectivity index is 0.00000392. The van der Waals surface area contributed by atoms with Crippen molar-refractivity contribution < 1.29 is 9.53 Å². The van der Waals surface area contributed by atoms with Gasteiger partial charge in [-0.05, 0) is 24.7 Å². The van der Waals surface area contributed by atoms with Crippen LogP contribution >= 0.6 is 24.0 Å². The van der Waals surface area contributed by atoms with Gasteiger partial charge >= 0.3 is 0 Å². The number of piperidine rings is 1. The molecule has 1 amide bonds. The molecule has 0 saturated carbocycles. The fourth-order valence-corrected chi connectivity index (χ4v) is 4.01. The predicted molar refractivity (Wildman–Crippen MR) is 125 cm³/mol. The quantitative estimate of drug-likeness (QED) is 0.323. The van der Waals surface area contributed by atoms with Gasteiger partial charge in [0.2, 0.25) is 5.91 Å². The third kappa shape index (κ3) is 8.41. The number of nitrogens with zero attached hydrogens (tertiary/aromatic N) is 4. The normalized spacial score (nSPS) is 23.9. The molecule has 2 aliphatic rings. The molecule has 2 aliphatic heterocycles. The Labute approximate surface area is 188 Å². The molecule has 1 atom stereocenters. The molecule has 28 heavy (non-hydrogen) atoms. The number of hydrogen-bond acceptors (Lipinski definition) is 4. The Bertz CT molecular complexity index is 493. The van der Waals surface area contributed by atoms with E-state index in [2.05, 4.69) is 34.0 Å². The molecule has 164 valence electrons. The van der Waals surface area contributed by atoms with Gasteiger partial charge in [-0.2, -0.15) is 0 Å². The van der Waals surface area contributed by atoms with E-state index in [1.165, 1.54) is 25.7 Å². The van der Waals surface area contributed by atoms with Crippen LogP contribution in [0.25, 0.3) is 0 Å². The van der Waals surface area contributed by atoms with Crippen LogP contribution in [0.5, 0.6) is 0 Å². The molecule has 8 heteroatoms. The van der Waals surface area contributed by atoms with E-state index in [-0.39, 0.29) is 36.4 Å². The first kappa shape index (κ1) is 25.4.